The van der Waals surface area contributed by atoms with Gasteiger partial charge in [0.15, 0.2) is 0 Å². The second-order valence-electron chi connectivity index (χ2n) is 3.84. The molecule has 1 heterocycles. The lowest BCUT2D eigenvalue weighted by Gasteiger charge is -2.11. The molecule has 0 bridgehead atoms. The molecule has 0 aliphatic heterocycles. The van der Waals surface area contributed by atoms with Crippen LogP contribution in [-0.2, 0) is 9.53 Å². The van der Waals surface area contributed by atoms with E-state index in [2.05, 4.69) is 9.72 Å². The number of carbonyl (C=O) groups is 1. The van der Waals surface area contributed by atoms with E-state index in [0.29, 0.717) is 0 Å². The fourth-order valence-corrected chi connectivity index (χ4v) is 1.69. The molecule has 17 heavy (non-hydrogen) atoms. The molecule has 0 amide bonds. The van der Waals surface area contributed by atoms with E-state index < -0.39 is 0 Å². The molecule has 2 N–H and O–H groups in total. The number of carbonyl (C=O) groups excluding carboxylic acids is 1. The average Bonchev–Trinajstić information content (AvgIpc) is 2.38. The molecule has 1 aromatic heterocycles. The van der Waals surface area contributed by atoms with Gasteiger partial charge in [0.05, 0.1) is 19.0 Å². The Morgan fingerprint density at radius 3 is 3.06 bits per heavy atom. The lowest BCUT2D eigenvalue weighted by molar-refractivity contribution is -0.141. The van der Waals surface area contributed by atoms with E-state index in [1.54, 1.807) is 6.20 Å². The minimum absolute atomic E-state index is 0.175. The van der Waals surface area contributed by atoms with Gasteiger partial charge in [0.2, 0.25) is 0 Å². The highest BCUT2D eigenvalue weighted by Crippen LogP contribution is 2.19. The number of fused-ring (bicyclic) bond motifs is 1. The van der Waals surface area contributed by atoms with Crippen molar-refractivity contribution in [1.29, 1.82) is 0 Å². The van der Waals surface area contributed by atoms with Gasteiger partial charge in [-0.05, 0) is 17.7 Å². The zero-order valence-corrected chi connectivity index (χ0v) is 9.59. The summed E-state index contributed by atoms with van der Waals surface area (Å²) in [5.74, 6) is -0.307. The molecule has 88 valence electrons. The van der Waals surface area contributed by atoms with Crippen LogP contribution < -0.4 is 5.73 Å². The van der Waals surface area contributed by atoms with Crippen molar-refractivity contribution in [2.24, 2.45) is 5.73 Å². The quantitative estimate of drug-likeness (QED) is 0.816. The largest absolute Gasteiger partial charge is 0.469 e. The Bertz CT molecular complexity index is 540. The number of rotatable bonds is 3. The van der Waals surface area contributed by atoms with Crippen molar-refractivity contribution >= 4 is 16.9 Å². The first kappa shape index (κ1) is 11.5. The number of hydrogen-bond donors (Lipinski definition) is 1. The van der Waals surface area contributed by atoms with Crippen molar-refractivity contribution in [1.82, 2.24) is 4.98 Å². The van der Waals surface area contributed by atoms with Crippen molar-refractivity contribution in [3.8, 4) is 0 Å². The van der Waals surface area contributed by atoms with E-state index in [9.17, 15) is 4.79 Å². The molecule has 0 aliphatic rings. The van der Waals surface area contributed by atoms with E-state index in [4.69, 9.17) is 5.73 Å². The SMILES string of the molecule is COC(=O)C[C@H](N)c1ccc2cccnc2c1. The predicted molar refractivity (Wildman–Crippen MR) is 65.3 cm³/mol. The molecule has 0 saturated carbocycles. The zero-order chi connectivity index (χ0) is 12.3. The van der Waals surface area contributed by atoms with Crippen molar-refractivity contribution < 1.29 is 9.53 Å². The fourth-order valence-electron chi connectivity index (χ4n) is 1.69. The zero-order valence-electron chi connectivity index (χ0n) is 9.59. The second-order valence-corrected chi connectivity index (χ2v) is 3.84. The number of ether oxygens (including phenoxy) is 1. The lowest BCUT2D eigenvalue weighted by atomic mass is 10.0. The maximum atomic E-state index is 11.1. The minimum Gasteiger partial charge on any atom is -0.469 e. The number of aromatic nitrogens is 1. The molecule has 1 atom stereocenters. The summed E-state index contributed by atoms with van der Waals surface area (Å²) in [5, 5.41) is 1.06. The van der Waals surface area contributed by atoms with Crippen LogP contribution in [0.4, 0.5) is 0 Å². The van der Waals surface area contributed by atoms with Crippen LogP contribution in [0.1, 0.15) is 18.0 Å². The maximum absolute atomic E-state index is 11.1. The molecule has 0 radical (unpaired) electrons. The van der Waals surface area contributed by atoms with E-state index >= 15 is 0 Å². The number of methoxy groups -OCH3 is 1. The van der Waals surface area contributed by atoms with Crippen LogP contribution in [0.15, 0.2) is 36.5 Å². The number of hydrogen-bond acceptors (Lipinski definition) is 4. The van der Waals surface area contributed by atoms with Gasteiger partial charge in [-0.25, -0.2) is 0 Å². The molecule has 0 unspecified atom stereocenters. The van der Waals surface area contributed by atoms with Crippen molar-refractivity contribution in [2.75, 3.05) is 7.11 Å². The van der Waals surface area contributed by atoms with Crippen LogP contribution in [-0.4, -0.2) is 18.1 Å². The summed E-state index contributed by atoms with van der Waals surface area (Å²) in [6, 6.07) is 9.29. The summed E-state index contributed by atoms with van der Waals surface area (Å²) in [7, 11) is 1.36. The summed E-state index contributed by atoms with van der Waals surface area (Å²) in [4.78, 5) is 15.4. The van der Waals surface area contributed by atoms with E-state index in [1.807, 2.05) is 30.3 Å². The van der Waals surface area contributed by atoms with Crippen LogP contribution >= 0.6 is 0 Å². The molecular weight excluding hydrogens is 216 g/mol. The van der Waals surface area contributed by atoms with Crippen LogP contribution in [0.25, 0.3) is 10.9 Å². The van der Waals surface area contributed by atoms with Gasteiger partial charge in [0, 0.05) is 17.6 Å². The van der Waals surface area contributed by atoms with E-state index in [0.717, 1.165) is 16.5 Å². The minimum atomic E-state index is -0.353. The molecule has 2 aromatic rings. The van der Waals surface area contributed by atoms with Crippen LogP contribution in [0.5, 0.6) is 0 Å². The molecule has 1 aromatic carbocycles. The molecule has 2 rings (SSSR count). The third-order valence-electron chi connectivity index (χ3n) is 2.67. The normalized spacial score (nSPS) is 12.4. The van der Waals surface area contributed by atoms with Gasteiger partial charge in [-0.15, -0.1) is 0 Å². The number of nitrogens with two attached hydrogens (primary N) is 1. The molecule has 0 fully saturated rings. The Hall–Kier alpha value is -1.94. The highest BCUT2D eigenvalue weighted by Gasteiger charge is 2.12. The average molecular weight is 230 g/mol. The Balaban J connectivity index is 2.26. The number of benzene rings is 1. The van der Waals surface area contributed by atoms with Crippen LogP contribution in [0, 0.1) is 0 Å². The number of nitrogens with zero attached hydrogens (tertiary/aromatic N) is 1. The Morgan fingerprint density at radius 1 is 1.47 bits per heavy atom. The van der Waals surface area contributed by atoms with Crippen molar-refractivity contribution in [3.63, 3.8) is 0 Å². The number of pyridine rings is 1. The standard InChI is InChI=1S/C13H14N2O2/c1-17-13(16)8-11(14)10-5-4-9-3-2-6-15-12(9)7-10/h2-7,11H,8,14H2,1H3/t11-/m0/s1. The van der Waals surface area contributed by atoms with Crippen molar-refractivity contribution in [2.45, 2.75) is 12.5 Å². The summed E-state index contributed by atoms with van der Waals surface area (Å²) >= 11 is 0. The summed E-state index contributed by atoms with van der Waals surface area (Å²) in [6.45, 7) is 0. The topological polar surface area (TPSA) is 65.2 Å². The van der Waals surface area contributed by atoms with Gasteiger partial charge in [-0.3, -0.25) is 9.78 Å². The van der Waals surface area contributed by atoms with Gasteiger partial charge in [0.1, 0.15) is 0 Å². The third-order valence-corrected chi connectivity index (χ3v) is 2.67. The highest BCUT2D eigenvalue weighted by molar-refractivity contribution is 5.79. The van der Waals surface area contributed by atoms with Crippen LogP contribution in [0.3, 0.4) is 0 Å². The first-order valence-corrected chi connectivity index (χ1v) is 5.38. The van der Waals surface area contributed by atoms with Gasteiger partial charge in [-0.2, -0.15) is 0 Å². The van der Waals surface area contributed by atoms with Crippen LogP contribution in [0.2, 0.25) is 0 Å². The highest BCUT2D eigenvalue weighted by atomic mass is 16.5. The Kier molecular flexibility index (Phi) is 3.35. The Morgan fingerprint density at radius 2 is 2.29 bits per heavy atom. The predicted octanol–water partition coefficient (Wildman–Crippen LogP) is 1.80. The van der Waals surface area contributed by atoms with E-state index in [1.165, 1.54) is 7.11 Å². The first-order chi connectivity index (χ1) is 8.20. The van der Waals surface area contributed by atoms with Gasteiger partial charge < -0.3 is 10.5 Å². The monoisotopic (exact) mass is 230 g/mol. The van der Waals surface area contributed by atoms with Gasteiger partial charge in [-0.1, -0.05) is 18.2 Å². The molecule has 0 aliphatic carbocycles. The Labute approximate surface area is 99.4 Å². The summed E-state index contributed by atoms with van der Waals surface area (Å²) < 4.78 is 4.60. The van der Waals surface area contributed by atoms with E-state index in [-0.39, 0.29) is 18.4 Å². The summed E-state index contributed by atoms with van der Waals surface area (Å²) in [6.07, 6.45) is 1.91. The van der Waals surface area contributed by atoms with Gasteiger partial charge >= 0.3 is 5.97 Å². The van der Waals surface area contributed by atoms with Gasteiger partial charge in [0.25, 0.3) is 0 Å². The molecule has 4 nitrogen and oxygen atoms in total. The van der Waals surface area contributed by atoms with Crippen molar-refractivity contribution in [3.05, 3.63) is 42.1 Å². The molecule has 0 spiro atoms. The maximum Gasteiger partial charge on any atom is 0.307 e. The second kappa shape index (κ2) is 4.93. The molecule has 4 heteroatoms. The smallest absolute Gasteiger partial charge is 0.307 e. The molecule has 0 saturated heterocycles. The number of esters is 1. The third kappa shape index (κ3) is 2.60. The summed E-state index contributed by atoms with van der Waals surface area (Å²) in [5.41, 5.74) is 7.70. The molecular formula is C13H14N2O2. The fraction of sp³-hybridized carbons (Fsp3) is 0.231. The first-order valence-electron chi connectivity index (χ1n) is 5.38. The lowest BCUT2D eigenvalue weighted by Crippen LogP contribution is -2.16.